The van der Waals surface area contributed by atoms with E-state index >= 15 is 0 Å². The lowest BCUT2D eigenvalue weighted by molar-refractivity contribution is -0.160. The number of hydrogen-bond acceptors (Lipinski definition) is 4. The van der Waals surface area contributed by atoms with E-state index in [0.717, 1.165) is 18.8 Å². The average Bonchev–Trinajstić information content (AvgIpc) is 3.23. The Kier molecular flexibility index (Phi) is 7.29. The number of esters is 1. The summed E-state index contributed by atoms with van der Waals surface area (Å²) in [4.78, 5) is 15.0. The van der Waals surface area contributed by atoms with E-state index in [0.29, 0.717) is 11.1 Å². The monoisotopic (exact) mass is 385 g/mol. The van der Waals surface area contributed by atoms with E-state index < -0.39 is 11.6 Å². The topological polar surface area (TPSA) is 49.8 Å². The van der Waals surface area contributed by atoms with Crippen molar-refractivity contribution in [2.45, 2.75) is 25.4 Å². The molecule has 0 aliphatic carbocycles. The molecule has 1 unspecified atom stereocenters. The van der Waals surface area contributed by atoms with Crippen LogP contribution in [0.1, 0.15) is 30.9 Å². The van der Waals surface area contributed by atoms with Crippen molar-refractivity contribution in [3.05, 3.63) is 65.7 Å². The fraction of sp³-hybridized carbons (Fsp3) is 0.318. The summed E-state index contributed by atoms with van der Waals surface area (Å²) in [5, 5.41) is 11.3. The van der Waals surface area contributed by atoms with Gasteiger partial charge in [0.2, 0.25) is 5.60 Å². The van der Waals surface area contributed by atoms with Crippen LogP contribution in [0.2, 0.25) is 0 Å². The minimum absolute atomic E-state index is 0. The number of carbonyl (C=O) groups excluding carboxylic acids is 1. The van der Waals surface area contributed by atoms with Gasteiger partial charge in [-0.25, -0.2) is 4.79 Å². The molecule has 1 saturated heterocycles. The Labute approximate surface area is 166 Å². The zero-order valence-corrected chi connectivity index (χ0v) is 16.2. The van der Waals surface area contributed by atoms with Gasteiger partial charge in [-0.2, -0.15) is 0 Å². The molecule has 2 aromatic carbocycles. The van der Waals surface area contributed by atoms with Crippen LogP contribution in [0.4, 0.5) is 5.69 Å². The number of nitrogens with zero attached hydrogens (tertiary/aromatic N) is 1. The molecule has 3 rings (SSSR count). The van der Waals surface area contributed by atoms with Crippen molar-refractivity contribution in [1.29, 1.82) is 0 Å². The zero-order chi connectivity index (χ0) is 18.4. The standard InChI is InChI=1S/C22H23NO3.ClH/c1-2-3-17-26-21(24)22(25,18-9-5-4-6-10-18)19-11-13-20(14-12-19)23-15-7-8-16-23;/h4-6,9-14,25H,7-8,15-17H2,1H3;1H. The maximum Gasteiger partial charge on any atom is 0.348 e. The third-order valence-corrected chi connectivity index (χ3v) is 4.70. The van der Waals surface area contributed by atoms with Crippen LogP contribution < -0.4 is 4.90 Å². The second kappa shape index (κ2) is 9.45. The van der Waals surface area contributed by atoms with Crippen LogP contribution in [0, 0.1) is 11.8 Å². The third-order valence-electron chi connectivity index (χ3n) is 4.70. The molecule has 2 aromatic rings. The first-order valence-corrected chi connectivity index (χ1v) is 8.86. The summed E-state index contributed by atoms with van der Waals surface area (Å²) in [6.45, 7) is 3.71. The summed E-state index contributed by atoms with van der Waals surface area (Å²) in [6.07, 6.45) is 2.39. The van der Waals surface area contributed by atoms with E-state index in [1.54, 1.807) is 43.3 Å². The van der Waals surface area contributed by atoms with Gasteiger partial charge in [-0.15, -0.1) is 18.3 Å². The summed E-state index contributed by atoms with van der Waals surface area (Å²) >= 11 is 0. The number of rotatable bonds is 5. The van der Waals surface area contributed by atoms with Crippen LogP contribution in [0.5, 0.6) is 0 Å². The lowest BCUT2D eigenvalue weighted by Gasteiger charge is -2.27. The maximum absolute atomic E-state index is 12.7. The fourth-order valence-corrected chi connectivity index (χ4v) is 3.25. The van der Waals surface area contributed by atoms with Gasteiger partial charge < -0.3 is 14.7 Å². The fourth-order valence-electron chi connectivity index (χ4n) is 3.25. The molecule has 0 bridgehead atoms. The van der Waals surface area contributed by atoms with Crippen molar-refractivity contribution < 1.29 is 14.6 Å². The molecule has 0 radical (unpaired) electrons. The van der Waals surface area contributed by atoms with E-state index in [-0.39, 0.29) is 19.0 Å². The number of hydrogen-bond donors (Lipinski definition) is 1. The van der Waals surface area contributed by atoms with Crippen molar-refractivity contribution >= 4 is 24.1 Å². The van der Waals surface area contributed by atoms with Gasteiger partial charge in [0.15, 0.2) is 6.61 Å². The van der Waals surface area contributed by atoms with E-state index in [4.69, 9.17) is 4.74 Å². The van der Waals surface area contributed by atoms with Gasteiger partial charge in [0.05, 0.1) is 0 Å². The van der Waals surface area contributed by atoms with Crippen LogP contribution in [-0.4, -0.2) is 30.8 Å². The van der Waals surface area contributed by atoms with Crippen molar-refractivity contribution in [3.63, 3.8) is 0 Å². The lowest BCUT2D eigenvalue weighted by Crippen LogP contribution is -2.38. The van der Waals surface area contributed by atoms with Gasteiger partial charge in [0, 0.05) is 18.8 Å². The molecular weight excluding hydrogens is 362 g/mol. The van der Waals surface area contributed by atoms with Gasteiger partial charge >= 0.3 is 5.97 Å². The van der Waals surface area contributed by atoms with Crippen LogP contribution in [0.3, 0.4) is 0 Å². The molecule has 0 amide bonds. The van der Waals surface area contributed by atoms with Crippen LogP contribution in [-0.2, 0) is 15.1 Å². The predicted molar refractivity (Wildman–Crippen MR) is 109 cm³/mol. The molecule has 142 valence electrons. The highest BCUT2D eigenvalue weighted by Crippen LogP contribution is 2.33. The molecule has 1 N–H and O–H groups in total. The van der Waals surface area contributed by atoms with Gasteiger partial charge in [-0.3, -0.25) is 0 Å². The second-order valence-corrected chi connectivity index (χ2v) is 6.32. The highest BCUT2D eigenvalue weighted by Gasteiger charge is 2.41. The Morgan fingerprint density at radius 1 is 1.07 bits per heavy atom. The summed E-state index contributed by atoms with van der Waals surface area (Å²) in [6, 6.07) is 16.4. The van der Waals surface area contributed by atoms with Gasteiger partial charge in [-0.1, -0.05) is 48.4 Å². The van der Waals surface area contributed by atoms with E-state index in [1.165, 1.54) is 12.8 Å². The molecule has 5 heteroatoms. The van der Waals surface area contributed by atoms with Crippen LogP contribution in [0.15, 0.2) is 54.6 Å². The molecule has 0 aromatic heterocycles. The van der Waals surface area contributed by atoms with Gasteiger partial charge in [0.25, 0.3) is 0 Å². The smallest absolute Gasteiger partial charge is 0.348 e. The summed E-state index contributed by atoms with van der Waals surface area (Å²) in [7, 11) is 0. The van der Waals surface area contributed by atoms with E-state index in [9.17, 15) is 9.90 Å². The zero-order valence-electron chi connectivity index (χ0n) is 15.4. The molecule has 0 saturated carbocycles. The molecule has 0 spiro atoms. The molecule has 4 nitrogen and oxygen atoms in total. The van der Waals surface area contributed by atoms with E-state index in [1.807, 2.05) is 18.2 Å². The number of halogens is 1. The highest BCUT2D eigenvalue weighted by atomic mass is 35.5. The predicted octanol–water partition coefficient (Wildman–Crippen LogP) is 3.51. The first kappa shape index (κ1) is 20.8. The Hall–Kier alpha value is -2.48. The van der Waals surface area contributed by atoms with Crippen molar-refractivity contribution in [2.24, 2.45) is 0 Å². The lowest BCUT2D eigenvalue weighted by atomic mass is 9.86. The number of anilines is 1. The Morgan fingerprint density at radius 3 is 2.26 bits per heavy atom. The third kappa shape index (κ3) is 4.44. The normalized spacial score (nSPS) is 15.1. The first-order valence-electron chi connectivity index (χ1n) is 8.86. The van der Waals surface area contributed by atoms with E-state index in [2.05, 4.69) is 16.7 Å². The Balaban J connectivity index is 0.00000261. The van der Waals surface area contributed by atoms with Gasteiger partial charge in [-0.05, 0) is 43.0 Å². The van der Waals surface area contributed by atoms with Crippen molar-refractivity contribution in [1.82, 2.24) is 0 Å². The minimum atomic E-state index is -1.86. The summed E-state index contributed by atoms with van der Waals surface area (Å²) in [5.74, 6) is 4.65. The number of ether oxygens (including phenoxy) is 1. The number of benzene rings is 2. The SMILES string of the molecule is CC#CCOC(=O)C(O)(c1ccccc1)c1ccc(N2CCCC2)cc1.Cl. The van der Waals surface area contributed by atoms with Crippen molar-refractivity contribution in [2.75, 3.05) is 24.6 Å². The summed E-state index contributed by atoms with van der Waals surface area (Å²) in [5.41, 5.74) is 0.205. The largest absolute Gasteiger partial charge is 0.450 e. The molecule has 1 fully saturated rings. The Morgan fingerprint density at radius 2 is 1.67 bits per heavy atom. The maximum atomic E-state index is 12.7. The molecule has 27 heavy (non-hydrogen) atoms. The molecule has 1 aliphatic rings. The van der Waals surface area contributed by atoms with Crippen LogP contribution >= 0.6 is 12.4 Å². The van der Waals surface area contributed by atoms with Crippen molar-refractivity contribution in [3.8, 4) is 11.8 Å². The molecule has 1 atom stereocenters. The molecule has 1 heterocycles. The summed E-state index contributed by atoms with van der Waals surface area (Å²) < 4.78 is 5.21. The number of carbonyl (C=O) groups is 1. The van der Waals surface area contributed by atoms with Crippen LogP contribution in [0.25, 0.3) is 0 Å². The van der Waals surface area contributed by atoms with Gasteiger partial charge in [0.1, 0.15) is 0 Å². The molecule has 1 aliphatic heterocycles. The highest BCUT2D eigenvalue weighted by molar-refractivity contribution is 5.86. The Bertz CT molecular complexity index is 805. The average molecular weight is 386 g/mol. The second-order valence-electron chi connectivity index (χ2n) is 6.32. The number of aliphatic hydroxyl groups is 1. The first-order chi connectivity index (χ1) is 12.7. The quantitative estimate of drug-likeness (QED) is 0.632. The minimum Gasteiger partial charge on any atom is -0.450 e. The molecular formula is C22H24ClNO3.